The third kappa shape index (κ3) is 8.03. The molecule has 2 aromatic heterocycles. The maximum absolute atomic E-state index is 12.5. The van der Waals surface area contributed by atoms with Crippen molar-refractivity contribution >= 4 is 35.4 Å². The SMILES string of the molecule is CN(Cc1cccc(-c2cnc(N3CCN(c4ccc(Cl)cn4)CC3)nc2)c1)C(=O)CNC(=O)OC(C)(C)C. The minimum atomic E-state index is -0.619. The number of carbonyl (C=O) groups excluding carboxylic acids is 2. The van der Waals surface area contributed by atoms with Gasteiger partial charge in [0.1, 0.15) is 18.0 Å². The normalized spacial score (nSPS) is 13.7. The second-order valence-corrected chi connectivity index (χ2v) is 10.8. The molecule has 1 aliphatic heterocycles. The van der Waals surface area contributed by atoms with Crippen LogP contribution in [0.4, 0.5) is 16.6 Å². The fourth-order valence-electron chi connectivity index (χ4n) is 4.13. The van der Waals surface area contributed by atoms with Crippen LogP contribution < -0.4 is 15.1 Å². The number of carbonyl (C=O) groups is 2. The number of piperazine rings is 1. The van der Waals surface area contributed by atoms with Gasteiger partial charge in [-0.15, -0.1) is 0 Å². The zero-order valence-corrected chi connectivity index (χ0v) is 23.5. The lowest BCUT2D eigenvalue weighted by molar-refractivity contribution is -0.129. The van der Waals surface area contributed by atoms with E-state index < -0.39 is 11.7 Å². The van der Waals surface area contributed by atoms with Crippen molar-refractivity contribution in [3.63, 3.8) is 0 Å². The van der Waals surface area contributed by atoms with Crippen LogP contribution in [0.2, 0.25) is 5.02 Å². The number of hydrogen-bond donors (Lipinski definition) is 1. The maximum Gasteiger partial charge on any atom is 0.408 e. The molecular weight excluding hydrogens is 518 g/mol. The van der Waals surface area contributed by atoms with Gasteiger partial charge in [-0.25, -0.2) is 19.7 Å². The monoisotopic (exact) mass is 551 g/mol. The van der Waals surface area contributed by atoms with Crippen LogP contribution in [0, 0.1) is 0 Å². The summed E-state index contributed by atoms with van der Waals surface area (Å²) >= 11 is 5.95. The Balaban J connectivity index is 1.30. The molecule has 0 spiro atoms. The van der Waals surface area contributed by atoms with E-state index in [9.17, 15) is 9.59 Å². The molecule has 4 rings (SSSR count). The Labute approximate surface area is 234 Å². The van der Waals surface area contributed by atoms with Gasteiger partial charge < -0.3 is 24.8 Å². The van der Waals surface area contributed by atoms with Gasteiger partial charge in [-0.1, -0.05) is 29.8 Å². The molecule has 0 aliphatic carbocycles. The highest BCUT2D eigenvalue weighted by Gasteiger charge is 2.20. The summed E-state index contributed by atoms with van der Waals surface area (Å²) in [5.74, 6) is 1.40. The number of halogens is 1. The summed E-state index contributed by atoms with van der Waals surface area (Å²) in [7, 11) is 1.70. The molecule has 39 heavy (non-hydrogen) atoms. The second-order valence-electron chi connectivity index (χ2n) is 10.4. The quantitative estimate of drug-likeness (QED) is 0.470. The lowest BCUT2D eigenvalue weighted by Gasteiger charge is -2.35. The first-order valence-corrected chi connectivity index (χ1v) is 13.2. The van der Waals surface area contributed by atoms with E-state index in [1.807, 2.05) is 48.8 Å². The lowest BCUT2D eigenvalue weighted by Crippen LogP contribution is -2.47. The van der Waals surface area contributed by atoms with Gasteiger partial charge in [0.05, 0.1) is 5.02 Å². The zero-order valence-electron chi connectivity index (χ0n) is 22.7. The van der Waals surface area contributed by atoms with Gasteiger partial charge in [0, 0.05) is 63.9 Å². The average Bonchev–Trinajstić information content (AvgIpc) is 2.91. The van der Waals surface area contributed by atoms with Crippen LogP contribution in [0.3, 0.4) is 0 Å². The molecule has 206 valence electrons. The Morgan fingerprint density at radius 2 is 1.67 bits per heavy atom. The highest BCUT2D eigenvalue weighted by Crippen LogP contribution is 2.22. The Bertz CT molecular complexity index is 1270. The van der Waals surface area contributed by atoms with Crippen LogP contribution in [0.25, 0.3) is 11.1 Å². The fourth-order valence-corrected chi connectivity index (χ4v) is 4.24. The standard InChI is InChI=1S/C28H34ClN7O3/c1-28(2,3)39-27(38)33-18-25(37)34(4)19-20-6-5-7-21(14-20)22-15-31-26(32-16-22)36-12-10-35(11-13-36)24-9-8-23(29)17-30-24/h5-9,14-17H,10-13,18-19H2,1-4H3,(H,33,38). The van der Waals surface area contributed by atoms with Crippen LogP contribution >= 0.6 is 11.6 Å². The van der Waals surface area contributed by atoms with Gasteiger partial charge in [0.2, 0.25) is 11.9 Å². The maximum atomic E-state index is 12.5. The topological polar surface area (TPSA) is 104 Å². The smallest absolute Gasteiger partial charge is 0.408 e. The molecule has 11 heteroatoms. The number of hydrogen-bond acceptors (Lipinski definition) is 8. The molecule has 3 heterocycles. The minimum Gasteiger partial charge on any atom is -0.444 e. The van der Waals surface area contributed by atoms with Gasteiger partial charge in [-0.05, 0) is 50.1 Å². The summed E-state index contributed by atoms with van der Waals surface area (Å²) in [5.41, 5.74) is 2.19. The van der Waals surface area contributed by atoms with Crippen molar-refractivity contribution in [3.8, 4) is 11.1 Å². The third-order valence-corrected chi connectivity index (χ3v) is 6.35. The lowest BCUT2D eigenvalue weighted by atomic mass is 10.1. The molecule has 0 unspecified atom stereocenters. The van der Waals surface area contributed by atoms with Gasteiger partial charge in [-0.3, -0.25) is 4.79 Å². The van der Waals surface area contributed by atoms with E-state index in [0.29, 0.717) is 17.5 Å². The second kappa shape index (κ2) is 12.3. The number of likely N-dealkylation sites (N-methyl/N-ethyl adjacent to an activating group) is 1. The zero-order chi connectivity index (χ0) is 28.0. The Morgan fingerprint density at radius 3 is 2.31 bits per heavy atom. The predicted octanol–water partition coefficient (Wildman–Crippen LogP) is 4.00. The van der Waals surface area contributed by atoms with Gasteiger partial charge in [-0.2, -0.15) is 0 Å². The Hall–Kier alpha value is -3.92. The highest BCUT2D eigenvalue weighted by molar-refractivity contribution is 6.30. The summed E-state index contributed by atoms with van der Waals surface area (Å²) in [6.07, 6.45) is 4.71. The number of ether oxygens (including phenoxy) is 1. The van der Waals surface area contributed by atoms with E-state index in [1.54, 1.807) is 38.9 Å². The van der Waals surface area contributed by atoms with Crippen LogP contribution in [-0.4, -0.2) is 77.2 Å². The first-order valence-electron chi connectivity index (χ1n) is 12.8. The van der Waals surface area contributed by atoms with E-state index in [1.165, 1.54) is 0 Å². The van der Waals surface area contributed by atoms with Crippen molar-refractivity contribution in [1.29, 1.82) is 0 Å². The number of anilines is 2. The molecule has 3 aromatic rings. The fraction of sp³-hybridized carbons (Fsp3) is 0.393. The number of rotatable bonds is 7. The molecule has 1 aromatic carbocycles. The predicted molar refractivity (Wildman–Crippen MR) is 152 cm³/mol. The number of aromatic nitrogens is 3. The number of nitrogens with zero attached hydrogens (tertiary/aromatic N) is 6. The number of pyridine rings is 1. The average molecular weight is 552 g/mol. The van der Waals surface area contributed by atoms with Gasteiger partial charge >= 0.3 is 6.09 Å². The summed E-state index contributed by atoms with van der Waals surface area (Å²) in [4.78, 5) is 43.9. The molecule has 0 radical (unpaired) electrons. The van der Waals surface area contributed by atoms with Gasteiger partial charge in [0.15, 0.2) is 0 Å². The van der Waals surface area contributed by atoms with Crippen LogP contribution in [-0.2, 0) is 16.1 Å². The Morgan fingerprint density at radius 1 is 0.974 bits per heavy atom. The molecular formula is C28H34ClN7O3. The van der Waals surface area contributed by atoms with Crippen LogP contribution in [0.15, 0.2) is 55.0 Å². The molecule has 2 amide bonds. The first-order chi connectivity index (χ1) is 18.6. The number of alkyl carbamates (subject to hydrolysis) is 1. The van der Waals surface area contributed by atoms with E-state index >= 15 is 0 Å². The van der Waals surface area contributed by atoms with Crippen LogP contribution in [0.1, 0.15) is 26.3 Å². The molecule has 1 fully saturated rings. The number of benzene rings is 1. The summed E-state index contributed by atoms with van der Waals surface area (Å²) in [5, 5.41) is 3.13. The largest absolute Gasteiger partial charge is 0.444 e. The summed E-state index contributed by atoms with van der Waals surface area (Å²) in [6.45, 7) is 8.81. The van der Waals surface area contributed by atoms with Crippen molar-refractivity contribution in [3.05, 3.63) is 65.6 Å². The van der Waals surface area contributed by atoms with Crippen molar-refractivity contribution in [2.45, 2.75) is 32.9 Å². The summed E-state index contributed by atoms with van der Waals surface area (Å²) < 4.78 is 5.18. The summed E-state index contributed by atoms with van der Waals surface area (Å²) in [6, 6.07) is 11.7. The minimum absolute atomic E-state index is 0.134. The van der Waals surface area contributed by atoms with E-state index in [2.05, 4.69) is 30.1 Å². The molecule has 1 N–H and O–H groups in total. The molecule has 10 nitrogen and oxygen atoms in total. The number of amides is 2. The van der Waals surface area contributed by atoms with E-state index in [4.69, 9.17) is 16.3 Å². The highest BCUT2D eigenvalue weighted by atomic mass is 35.5. The van der Waals surface area contributed by atoms with E-state index in [-0.39, 0.29) is 12.5 Å². The Kier molecular flexibility index (Phi) is 8.86. The van der Waals surface area contributed by atoms with Crippen molar-refractivity contribution in [2.75, 3.05) is 49.6 Å². The van der Waals surface area contributed by atoms with Crippen LogP contribution in [0.5, 0.6) is 0 Å². The van der Waals surface area contributed by atoms with Gasteiger partial charge in [0.25, 0.3) is 0 Å². The molecule has 0 atom stereocenters. The molecule has 0 saturated carbocycles. The number of nitrogens with one attached hydrogen (secondary N) is 1. The molecule has 0 bridgehead atoms. The third-order valence-electron chi connectivity index (χ3n) is 6.13. The first kappa shape index (κ1) is 28.1. The van der Waals surface area contributed by atoms with E-state index in [0.717, 1.165) is 48.7 Å². The van der Waals surface area contributed by atoms with Crippen molar-refractivity contribution in [1.82, 2.24) is 25.2 Å². The molecule has 1 aliphatic rings. The van der Waals surface area contributed by atoms with Crippen molar-refractivity contribution in [2.24, 2.45) is 0 Å². The van der Waals surface area contributed by atoms with Crippen molar-refractivity contribution < 1.29 is 14.3 Å². The molecule has 1 saturated heterocycles.